The van der Waals surface area contributed by atoms with Gasteiger partial charge in [0.1, 0.15) is 6.04 Å². The van der Waals surface area contributed by atoms with Crippen LogP contribution in [0.25, 0.3) is 10.2 Å². The molecule has 0 aliphatic heterocycles. The number of nitrogen functional groups attached to an aromatic ring is 1. The molecule has 0 aliphatic carbocycles. The predicted octanol–water partition coefficient (Wildman–Crippen LogP) is 3.44. The van der Waals surface area contributed by atoms with Gasteiger partial charge in [-0.2, -0.15) is 0 Å². The van der Waals surface area contributed by atoms with E-state index in [0.29, 0.717) is 21.7 Å². The smallest absolute Gasteiger partial charge is 0.249 e. The van der Waals surface area contributed by atoms with Gasteiger partial charge in [0, 0.05) is 5.02 Å². The van der Waals surface area contributed by atoms with Gasteiger partial charge in [0.2, 0.25) is 11.9 Å². The average molecular weight is 383 g/mol. The quantitative estimate of drug-likeness (QED) is 0.656. The predicted molar refractivity (Wildman–Crippen MR) is 98.8 cm³/mol. The molecule has 1 unspecified atom stereocenters. The standard InChI is InChI=1S/C14H15ClN6OS2/c1-3-9(21-12(16)19-20-14(21)23-2)11(22)18-13-17-8-5-4-7(15)6-10(8)24-13/h4-6,9H,3H2,1-2H3,(H2,16,19)(H,17,18,22). The number of benzene rings is 1. The molecule has 0 saturated carbocycles. The number of nitrogens with one attached hydrogen (secondary N) is 1. The number of carbonyl (C=O) groups excluding carboxylic acids is 1. The second kappa shape index (κ2) is 6.96. The fourth-order valence-electron chi connectivity index (χ4n) is 2.35. The highest BCUT2D eigenvalue weighted by molar-refractivity contribution is 7.98. The largest absolute Gasteiger partial charge is 0.368 e. The maximum Gasteiger partial charge on any atom is 0.249 e. The SMILES string of the molecule is CCC(C(=O)Nc1nc2ccc(Cl)cc2s1)n1c(N)nnc1SC. The van der Waals surface area contributed by atoms with E-state index >= 15 is 0 Å². The molecule has 126 valence electrons. The number of thioether (sulfide) groups is 1. The van der Waals surface area contributed by atoms with Crippen molar-refractivity contribution >= 4 is 61.9 Å². The Morgan fingerprint density at radius 2 is 2.29 bits per heavy atom. The summed E-state index contributed by atoms with van der Waals surface area (Å²) in [5, 5.41) is 12.4. The number of fused-ring (bicyclic) bond motifs is 1. The Labute approximate surface area is 151 Å². The van der Waals surface area contributed by atoms with Crippen LogP contribution < -0.4 is 11.1 Å². The molecule has 3 aromatic rings. The Hall–Kier alpha value is -1.84. The van der Waals surface area contributed by atoms with E-state index in [4.69, 9.17) is 17.3 Å². The summed E-state index contributed by atoms with van der Waals surface area (Å²) in [4.78, 5) is 17.1. The molecular weight excluding hydrogens is 368 g/mol. The van der Waals surface area contributed by atoms with Crippen LogP contribution in [0.1, 0.15) is 19.4 Å². The van der Waals surface area contributed by atoms with Crippen molar-refractivity contribution in [2.24, 2.45) is 0 Å². The Balaban J connectivity index is 1.87. The number of hydrogen-bond donors (Lipinski definition) is 2. The lowest BCUT2D eigenvalue weighted by molar-refractivity contribution is -0.119. The minimum Gasteiger partial charge on any atom is -0.368 e. The van der Waals surface area contributed by atoms with E-state index in [9.17, 15) is 4.79 Å². The summed E-state index contributed by atoms with van der Waals surface area (Å²) >= 11 is 8.75. The zero-order valence-electron chi connectivity index (χ0n) is 13.0. The number of nitrogens with zero attached hydrogens (tertiary/aromatic N) is 4. The van der Waals surface area contributed by atoms with Crippen molar-refractivity contribution in [3.05, 3.63) is 23.2 Å². The maximum absolute atomic E-state index is 12.7. The molecule has 1 atom stereocenters. The number of thiazole rings is 1. The molecule has 0 fully saturated rings. The minimum absolute atomic E-state index is 0.204. The van der Waals surface area contributed by atoms with Crippen LogP contribution in [-0.4, -0.2) is 31.9 Å². The van der Waals surface area contributed by atoms with E-state index in [2.05, 4.69) is 20.5 Å². The van der Waals surface area contributed by atoms with Crippen LogP contribution in [0, 0.1) is 0 Å². The summed E-state index contributed by atoms with van der Waals surface area (Å²) in [5.74, 6) is 0.0156. The van der Waals surface area contributed by atoms with Crippen molar-refractivity contribution in [1.29, 1.82) is 0 Å². The highest BCUT2D eigenvalue weighted by Crippen LogP contribution is 2.30. The van der Waals surface area contributed by atoms with E-state index in [1.807, 2.05) is 25.3 Å². The number of aromatic nitrogens is 4. The molecular formula is C14H15ClN6OS2. The van der Waals surface area contributed by atoms with E-state index in [1.165, 1.54) is 23.1 Å². The lowest BCUT2D eigenvalue weighted by atomic mass is 10.2. The molecule has 2 aromatic heterocycles. The number of amides is 1. The third-order valence-corrected chi connectivity index (χ3v) is 5.27. The summed E-state index contributed by atoms with van der Waals surface area (Å²) < 4.78 is 2.56. The molecule has 0 bridgehead atoms. The van der Waals surface area contributed by atoms with Gasteiger partial charge >= 0.3 is 0 Å². The normalized spacial score (nSPS) is 12.5. The van der Waals surface area contributed by atoms with Gasteiger partial charge in [-0.1, -0.05) is 41.6 Å². The second-order valence-corrected chi connectivity index (χ2v) is 7.20. The fraction of sp³-hybridized carbons (Fsp3) is 0.286. The maximum atomic E-state index is 12.7. The number of hydrogen-bond acceptors (Lipinski definition) is 7. The Bertz CT molecular complexity index is 893. The van der Waals surface area contributed by atoms with Gasteiger partial charge < -0.3 is 11.1 Å². The van der Waals surface area contributed by atoms with Crippen LogP contribution >= 0.6 is 34.7 Å². The van der Waals surface area contributed by atoms with Gasteiger partial charge in [0.05, 0.1) is 10.2 Å². The molecule has 3 N–H and O–H groups in total. The van der Waals surface area contributed by atoms with Crippen molar-refractivity contribution in [2.45, 2.75) is 24.5 Å². The van der Waals surface area contributed by atoms with Gasteiger partial charge in [0.15, 0.2) is 10.3 Å². The Kier molecular flexibility index (Phi) is 4.93. The molecule has 24 heavy (non-hydrogen) atoms. The molecule has 7 nitrogen and oxygen atoms in total. The summed E-state index contributed by atoms with van der Waals surface area (Å²) in [7, 11) is 0. The zero-order chi connectivity index (χ0) is 17.3. The molecule has 3 rings (SSSR count). The molecule has 0 radical (unpaired) electrons. The molecule has 10 heteroatoms. The zero-order valence-corrected chi connectivity index (χ0v) is 15.4. The van der Waals surface area contributed by atoms with Gasteiger partial charge in [-0.25, -0.2) is 4.98 Å². The lowest BCUT2D eigenvalue weighted by Gasteiger charge is -2.17. The number of halogens is 1. The van der Waals surface area contributed by atoms with E-state index in [1.54, 1.807) is 10.6 Å². The molecule has 1 amide bonds. The highest BCUT2D eigenvalue weighted by Gasteiger charge is 2.25. The highest BCUT2D eigenvalue weighted by atomic mass is 35.5. The van der Waals surface area contributed by atoms with Crippen LogP contribution in [0.2, 0.25) is 5.02 Å². The number of anilines is 2. The number of nitrogens with two attached hydrogens (primary N) is 1. The average Bonchev–Trinajstić information content (AvgIpc) is 3.11. The third-order valence-electron chi connectivity index (χ3n) is 3.46. The van der Waals surface area contributed by atoms with Gasteiger partial charge in [-0.05, 0) is 30.9 Å². The van der Waals surface area contributed by atoms with E-state index in [0.717, 1.165) is 10.2 Å². The molecule has 0 spiro atoms. The third kappa shape index (κ3) is 3.19. The Morgan fingerprint density at radius 1 is 1.50 bits per heavy atom. The van der Waals surface area contributed by atoms with Gasteiger partial charge in [-0.15, -0.1) is 10.2 Å². The number of carbonyl (C=O) groups is 1. The minimum atomic E-state index is -0.502. The fourth-order valence-corrected chi connectivity index (χ4v) is 4.03. The second-order valence-electron chi connectivity index (χ2n) is 4.96. The summed E-state index contributed by atoms with van der Waals surface area (Å²) in [5.41, 5.74) is 6.66. The first-order chi connectivity index (χ1) is 11.5. The molecule has 2 heterocycles. The summed E-state index contributed by atoms with van der Waals surface area (Å²) in [6.07, 6.45) is 2.42. The van der Waals surface area contributed by atoms with Crippen molar-refractivity contribution in [1.82, 2.24) is 19.7 Å². The molecule has 0 aliphatic rings. The molecule has 0 saturated heterocycles. The van der Waals surface area contributed by atoms with Crippen LogP contribution in [0.5, 0.6) is 0 Å². The molecule has 1 aromatic carbocycles. The van der Waals surface area contributed by atoms with Crippen molar-refractivity contribution in [2.75, 3.05) is 17.3 Å². The summed E-state index contributed by atoms with van der Waals surface area (Å²) in [6, 6.07) is 4.92. The van der Waals surface area contributed by atoms with Crippen molar-refractivity contribution in [3.8, 4) is 0 Å². The Morgan fingerprint density at radius 3 is 3.00 bits per heavy atom. The van der Waals surface area contributed by atoms with Crippen LogP contribution in [0.15, 0.2) is 23.4 Å². The van der Waals surface area contributed by atoms with Crippen LogP contribution in [0.4, 0.5) is 11.1 Å². The van der Waals surface area contributed by atoms with E-state index < -0.39 is 6.04 Å². The first-order valence-corrected chi connectivity index (χ1v) is 9.56. The first kappa shape index (κ1) is 17.0. The van der Waals surface area contributed by atoms with Crippen molar-refractivity contribution in [3.63, 3.8) is 0 Å². The van der Waals surface area contributed by atoms with Gasteiger partial charge in [-0.3, -0.25) is 9.36 Å². The first-order valence-electron chi connectivity index (χ1n) is 7.14. The number of rotatable bonds is 5. The van der Waals surface area contributed by atoms with E-state index in [-0.39, 0.29) is 11.9 Å². The van der Waals surface area contributed by atoms with Crippen LogP contribution in [0.3, 0.4) is 0 Å². The summed E-state index contributed by atoms with van der Waals surface area (Å²) in [6.45, 7) is 1.91. The lowest BCUT2D eigenvalue weighted by Crippen LogP contribution is -2.27. The monoisotopic (exact) mass is 382 g/mol. The van der Waals surface area contributed by atoms with Gasteiger partial charge in [0.25, 0.3) is 0 Å². The van der Waals surface area contributed by atoms with Crippen LogP contribution in [-0.2, 0) is 4.79 Å². The van der Waals surface area contributed by atoms with Crippen molar-refractivity contribution < 1.29 is 4.79 Å². The topological polar surface area (TPSA) is 98.7 Å².